The van der Waals surface area contributed by atoms with Gasteiger partial charge in [0.1, 0.15) is 0 Å². The minimum absolute atomic E-state index is 0.0104. The number of rotatable bonds is 8. The standard InChI is InChI=1S/C17H16N2O4S2/c1-2-5-18-16(21)7-12-8-24-17(19-12)25-9-13(20)11-3-4-14-15(6-11)23-10-22-14/h2-4,6,8H,1,5,7,9-10H2,(H,18,21). The number of Topliss-reactive ketones (excluding diaryl/α,β-unsaturated/α-hetero) is 1. The van der Waals surface area contributed by atoms with Crippen LogP contribution in [-0.2, 0) is 11.2 Å². The lowest BCUT2D eigenvalue weighted by atomic mass is 10.1. The van der Waals surface area contributed by atoms with E-state index in [2.05, 4.69) is 16.9 Å². The fraction of sp³-hybridized carbons (Fsp3) is 0.235. The Morgan fingerprint density at radius 3 is 3.04 bits per heavy atom. The zero-order valence-electron chi connectivity index (χ0n) is 13.3. The van der Waals surface area contributed by atoms with Crippen molar-refractivity contribution in [3.8, 4) is 11.5 Å². The van der Waals surface area contributed by atoms with Crippen LogP contribution in [0, 0.1) is 0 Å². The van der Waals surface area contributed by atoms with Gasteiger partial charge in [0.05, 0.1) is 17.9 Å². The first kappa shape index (κ1) is 17.5. The lowest BCUT2D eigenvalue weighted by molar-refractivity contribution is -0.120. The molecule has 1 aromatic heterocycles. The summed E-state index contributed by atoms with van der Waals surface area (Å²) in [6, 6.07) is 5.17. The number of carbonyl (C=O) groups is 2. The van der Waals surface area contributed by atoms with Crippen LogP contribution in [0.3, 0.4) is 0 Å². The first-order valence-electron chi connectivity index (χ1n) is 7.53. The monoisotopic (exact) mass is 376 g/mol. The first-order valence-corrected chi connectivity index (χ1v) is 9.40. The van der Waals surface area contributed by atoms with E-state index in [1.165, 1.54) is 23.1 Å². The van der Waals surface area contributed by atoms with Gasteiger partial charge in [-0.05, 0) is 18.2 Å². The molecule has 0 spiro atoms. The van der Waals surface area contributed by atoms with Gasteiger partial charge >= 0.3 is 0 Å². The molecule has 0 saturated heterocycles. The highest BCUT2D eigenvalue weighted by Gasteiger charge is 2.17. The third-order valence-corrected chi connectivity index (χ3v) is 5.41. The van der Waals surface area contributed by atoms with E-state index >= 15 is 0 Å². The number of thioether (sulfide) groups is 1. The van der Waals surface area contributed by atoms with Gasteiger partial charge in [-0.25, -0.2) is 4.98 Å². The number of aromatic nitrogens is 1. The molecule has 0 bridgehead atoms. The van der Waals surface area contributed by atoms with Gasteiger partial charge in [-0.3, -0.25) is 9.59 Å². The second-order valence-electron chi connectivity index (χ2n) is 5.15. The molecule has 1 N–H and O–H groups in total. The van der Waals surface area contributed by atoms with Crippen LogP contribution < -0.4 is 14.8 Å². The van der Waals surface area contributed by atoms with Crippen molar-refractivity contribution in [3.05, 3.63) is 47.5 Å². The molecule has 1 amide bonds. The summed E-state index contributed by atoms with van der Waals surface area (Å²) < 4.78 is 11.3. The molecule has 3 rings (SSSR count). The average molecular weight is 376 g/mol. The number of fused-ring (bicyclic) bond motifs is 1. The number of ether oxygens (including phenoxy) is 2. The van der Waals surface area contributed by atoms with E-state index in [0.29, 0.717) is 29.3 Å². The molecule has 1 aromatic carbocycles. The minimum Gasteiger partial charge on any atom is -0.454 e. The highest BCUT2D eigenvalue weighted by Crippen LogP contribution is 2.33. The Balaban J connectivity index is 1.52. The molecule has 6 nitrogen and oxygen atoms in total. The molecule has 8 heteroatoms. The van der Waals surface area contributed by atoms with Crippen molar-refractivity contribution in [3.63, 3.8) is 0 Å². The molecule has 0 atom stereocenters. The van der Waals surface area contributed by atoms with E-state index in [0.717, 1.165) is 4.34 Å². The maximum atomic E-state index is 12.3. The lowest BCUT2D eigenvalue weighted by Crippen LogP contribution is -2.25. The van der Waals surface area contributed by atoms with Crippen molar-refractivity contribution < 1.29 is 19.1 Å². The maximum absolute atomic E-state index is 12.3. The fourth-order valence-corrected chi connectivity index (χ4v) is 3.87. The number of hydrogen-bond acceptors (Lipinski definition) is 7. The summed E-state index contributed by atoms with van der Waals surface area (Å²) in [4.78, 5) is 28.3. The Kier molecular flexibility index (Phi) is 5.72. The summed E-state index contributed by atoms with van der Waals surface area (Å²) >= 11 is 2.79. The van der Waals surface area contributed by atoms with Crippen LogP contribution in [0.25, 0.3) is 0 Å². The van der Waals surface area contributed by atoms with E-state index in [1.54, 1.807) is 24.3 Å². The topological polar surface area (TPSA) is 77.5 Å². The molecular weight excluding hydrogens is 360 g/mol. The van der Waals surface area contributed by atoms with Crippen molar-refractivity contribution in [1.82, 2.24) is 10.3 Å². The summed E-state index contributed by atoms with van der Waals surface area (Å²) in [6.45, 7) is 4.17. The van der Waals surface area contributed by atoms with Crippen LogP contribution in [0.15, 0.2) is 40.6 Å². The Labute approximate surface area is 153 Å². The second kappa shape index (κ2) is 8.17. The Bertz CT molecular complexity index is 804. The number of carbonyl (C=O) groups excluding carboxylic acids is 2. The predicted molar refractivity (Wildman–Crippen MR) is 96.6 cm³/mol. The van der Waals surface area contributed by atoms with Crippen LogP contribution in [0.1, 0.15) is 16.1 Å². The molecule has 1 aliphatic heterocycles. The summed E-state index contributed by atoms with van der Waals surface area (Å²) in [5.41, 5.74) is 1.28. The second-order valence-corrected chi connectivity index (χ2v) is 7.23. The van der Waals surface area contributed by atoms with Gasteiger partial charge in [0, 0.05) is 17.5 Å². The average Bonchev–Trinajstić information content (AvgIpc) is 3.26. The molecule has 130 valence electrons. The highest BCUT2D eigenvalue weighted by atomic mass is 32.2. The zero-order valence-corrected chi connectivity index (χ0v) is 15.0. The third kappa shape index (κ3) is 4.61. The Morgan fingerprint density at radius 2 is 2.20 bits per heavy atom. The van der Waals surface area contributed by atoms with E-state index in [1.807, 2.05) is 5.38 Å². The Hall–Kier alpha value is -2.32. The van der Waals surface area contributed by atoms with Crippen LogP contribution >= 0.6 is 23.1 Å². The molecule has 0 saturated carbocycles. The SMILES string of the molecule is C=CCNC(=O)Cc1csc(SCC(=O)c2ccc3c(c2)OCO3)n1. The molecule has 0 aliphatic carbocycles. The van der Waals surface area contributed by atoms with Gasteiger partial charge in [-0.2, -0.15) is 0 Å². The van der Waals surface area contributed by atoms with Crippen molar-refractivity contribution >= 4 is 34.8 Å². The van der Waals surface area contributed by atoms with Gasteiger partial charge in [0.25, 0.3) is 0 Å². The van der Waals surface area contributed by atoms with Gasteiger partial charge in [-0.15, -0.1) is 17.9 Å². The van der Waals surface area contributed by atoms with E-state index in [9.17, 15) is 9.59 Å². The normalized spacial score (nSPS) is 12.0. The van der Waals surface area contributed by atoms with Gasteiger partial charge in [0.2, 0.25) is 12.7 Å². The summed E-state index contributed by atoms with van der Waals surface area (Å²) in [5, 5.41) is 4.54. The quantitative estimate of drug-likeness (QED) is 0.434. The number of nitrogens with zero attached hydrogens (tertiary/aromatic N) is 1. The smallest absolute Gasteiger partial charge is 0.231 e. The maximum Gasteiger partial charge on any atom is 0.231 e. The van der Waals surface area contributed by atoms with Crippen LogP contribution in [-0.4, -0.2) is 35.8 Å². The van der Waals surface area contributed by atoms with Crippen molar-refractivity contribution in [2.75, 3.05) is 19.1 Å². The molecule has 0 fully saturated rings. The summed E-state index contributed by atoms with van der Waals surface area (Å²) in [7, 11) is 0. The molecule has 1 aliphatic rings. The summed E-state index contributed by atoms with van der Waals surface area (Å²) in [5.74, 6) is 1.42. The molecular formula is C17H16N2O4S2. The van der Waals surface area contributed by atoms with Gasteiger partial charge < -0.3 is 14.8 Å². The molecule has 2 aromatic rings. The molecule has 0 radical (unpaired) electrons. The van der Waals surface area contributed by atoms with Crippen LogP contribution in [0.2, 0.25) is 0 Å². The largest absolute Gasteiger partial charge is 0.454 e. The zero-order chi connectivity index (χ0) is 17.6. The molecule has 25 heavy (non-hydrogen) atoms. The van der Waals surface area contributed by atoms with Crippen molar-refractivity contribution in [1.29, 1.82) is 0 Å². The van der Waals surface area contributed by atoms with Gasteiger partial charge in [0.15, 0.2) is 21.6 Å². The van der Waals surface area contributed by atoms with Crippen LogP contribution in [0.4, 0.5) is 0 Å². The first-order chi connectivity index (χ1) is 12.2. The lowest BCUT2D eigenvalue weighted by Gasteiger charge is -2.01. The van der Waals surface area contributed by atoms with E-state index in [-0.39, 0.29) is 30.7 Å². The number of ketones is 1. The number of hydrogen-bond donors (Lipinski definition) is 1. The fourth-order valence-electron chi connectivity index (χ4n) is 2.13. The molecule has 0 unspecified atom stereocenters. The number of thiazole rings is 1. The third-order valence-electron chi connectivity index (χ3n) is 3.34. The van der Waals surface area contributed by atoms with Gasteiger partial charge in [-0.1, -0.05) is 17.8 Å². The number of benzene rings is 1. The number of nitrogens with one attached hydrogen (secondary N) is 1. The Morgan fingerprint density at radius 1 is 1.36 bits per heavy atom. The highest BCUT2D eigenvalue weighted by molar-refractivity contribution is 8.01. The van der Waals surface area contributed by atoms with Crippen LogP contribution in [0.5, 0.6) is 11.5 Å². The van der Waals surface area contributed by atoms with E-state index in [4.69, 9.17) is 9.47 Å². The minimum atomic E-state index is -0.0989. The van der Waals surface area contributed by atoms with Crippen molar-refractivity contribution in [2.24, 2.45) is 0 Å². The van der Waals surface area contributed by atoms with Crippen molar-refractivity contribution in [2.45, 2.75) is 10.8 Å². The number of amides is 1. The predicted octanol–water partition coefficient (Wildman–Crippen LogP) is 2.69. The van der Waals surface area contributed by atoms with E-state index < -0.39 is 0 Å². The molecule has 2 heterocycles. The summed E-state index contributed by atoms with van der Waals surface area (Å²) in [6.07, 6.45) is 1.85.